The Morgan fingerprint density at radius 1 is 0.538 bits per heavy atom. The highest BCUT2D eigenvalue weighted by molar-refractivity contribution is 5.67. The largest absolute Gasteiger partial charge is 0.377 e. The van der Waals surface area contributed by atoms with Crippen molar-refractivity contribution in [3.8, 4) is 0 Å². The first kappa shape index (κ1) is 23.7. The van der Waals surface area contributed by atoms with Crippen LogP contribution in [0.15, 0.2) is 0 Å². The molecule has 0 bridgehead atoms. The summed E-state index contributed by atoms with van der Waals surface area (Å²) in [6.45, 7) is 5.33. The summed E-state index contributed by atoms with van der Waals surface area (Å²) in [5, 5.41) is 1.45. The highest BCUT2D eigenvalue weighted by Crippen LogP contribution is 1.96. The van der Waals surface area contributed by atoms with Crippen molar-refractivity contribution >= 4 is 23.9 Å². The van der Waals surface area contributed by atoms with Gasteiger partial charge in [-0.1, -0.05) is 0 Å². The first-order valence-corrected chi connectivity index (χ1v) is 7.65. The molecule has 0 saturated heterocycles. The van der Waals surface area contributed by atoms with Crippen molar-refractivity contribution in [1.29, 1.82) is 0 Å². The molecule has 0 rings (SSSR count). The van der Waals surface area contributed by atoms with E-state index < -0.39 is 23.9 Å². The maximum atomic E-state index is 10.8. The van der Waals surface area contributed by atoms with Gasteiger partial charge in [-0.3, -0.25) is 19.2 Å². The molecule has 0 aliphatic rings. The summed E-state index contributed by atoms with van der Waals surface area (Å²) in [6.07, 6.45) is 0. The van der Waals surface area contributed by atoms with Crippen LogP contribution in [0, 0.1) is 0 Å². The number of carbonyl (C=O) groups excluding carboxylic acids is 4. The van der Waals surface area contributed by atoms with Crippen LogP contribution in [0.4, 0.5) is 0 Å². The number of rotatable bonds is 13. The summed E-state index contributed by atoms with van der Waals surface area (Å²) in [4.78, 5) is 62.0. The molecule has 0 fully saturated rings. The van der Waals surface area contributed by atoms with Gasteiger partial charge in [0.1, 0.15) is 0 Å². The zero-order valence-corrected chi connectivity index (χ0v) is 15.2. The van der Waals surface area contributed by atoms with Gasteiger partial charge >= 0.3 is 23.9 Å². The Hall–Kier alpha value is -2.28. The van der Waals surface area contributed by atoms with E-state index in [0.717, 1.165) is 10.5 Å². The third-order valence-electron chi connectivity index (χ3n) is 2.13. The maximum Gasteiger partial charge on any atom is 0.326 e. The number of nitrogens with zero attached hydrogens (tertiary/aromatic N) is 2. The fourth-order valence-electron chi connectivity index (χ4n) is 1.39. The van der Waals surface area contributed by atoms with Crippen molar-refractivity contribution in [1.82, 2.24) is 10.5 Å². The number of hydrogen-bond acceptors (Lipinski definition) is 12. The molecule has 0 unspecified atom stereocenters. The lowest BCUT2D eigenvalue weighted by molar-refractivity contribution is -0.327. The van der Waals surface area contributed by atoms with Crippen LogP contribution in [-0.4, -0.2) is 73.8 Å². The van der Waals surface area contributed by atoms with Crippen LogP contribution in [0.5, 0.6) is 0 Å². The van der Waals surface area contributed by atoms with Crippen molar-refractivity contribution in [2.75, 3.05) is 39.5 Å². The zero-order valence-electron chi connectivity index (χ0n) is 15.2. The van der Waals surface area contributed by atoms with Gasteiger partial charge < -0.3 is 28.8 Å². The summed E-state index contributed by atoms with van der Waals surface area (Å²) in [5.74, 6) is -2.56. The van der Waals surface area contributed by atoms with E-state index in [0.29, 0.717) is 0 Å². The van der Waals surface area contributed by atoms with E-state index in [1.165, 1.54) is 27.7 Å². The normalized spacial score (nSPS) is 10.5. The SMILES string of the molecule is CC(=O)ON(CCOCCOCCN(OC(C)=O)OC(C)=O)OC(C)=O. The number of hydroxylamine groups is 4. The predicted molar refractivity (Wildman–Crippen MR) is 82.1 cm³/mol. The molecule has 0 amide bonds. The smallest absolute Gasteiger partial charge is 0.326 e. The van der Waals surface area contributed by atoms with E-state index in [1.54, 1.807) is 0 Å². The molecule has 0 saturated carbocycles. The van der Waals surface area contributed by atoms with Crippen LogP contribution in [0.1, 0.15) is 27.7 Å². The van der Waals surface area contributed by atoms with Crippen LogP contribution in [0.25, 0.3) is 0 Å². The minimum Gasteiger partial charge on any atom is -0.377 e. The molecule has 12 nitrogen and oxygen atoms in total. The van der Waals surface area contributed by atoms with Gasteiger partial charge in [0.15, 0.2) is 0 Å². The molecule has 0 radical (unpaired) electrons. The standard InChI is InChI=1S/C14H24N2O10/c1-11(17)23-15(24-12(2)18)5-7-21-9-10-22-8-6-16(25-13(3)19)26-14(4)20/h5-10H2,1-4H3. The van der Waals surface area contributed by atoms with Crippen LogP contribution in [0.3, 0.4) is 0 Å². The molecule has 0 N–H and O–H groups in total. The zero-order chi connectivity index (χ0) is 19.9. The Balaban J connectivity index is 3.83. The second-order valence-corrected chi connectivity index (χ2v) is 4.67. The Labute approximate surface area is 150 Å². The molecule has 0 aliphatic heterocycles. The van der Waals surface area contributed by atoms with Crippen molar-refractivity contribution < 1.29 is 48.0 Å². The van der Waals surface area contributed by atoms with E-state index in [-0.39, 0.29) is 39.5 Å². The summed E-state index contributed by atoms with van der Waals surface area (Å²) < 4.78 is 10.5. The molecule has 12 heteroatoms. The molecule has 0 heterocycles. The summed E-state index contributed by atoms with van der Waals surface area (Å²) >= 11 is 0. The Kier molecular flexibility index (Phi) is 12.7. The van der Waals surface area contributed by atoms with E-state index in [4.69, 9.17) is 9.47 Å². The second kappa shape index (κ2) is 13.9. The van der Waals surface area contributed by atoms with E-state index in [2.05, 4.69) is 19.4 Å². The fourth-order valence-corrected chi connectivity index (χ4v) is 1.39. The molecule has 0 aliphatic carbocycles. The molecule has 0 aromatic rings. The highest BCUT2D eigenvalue weighted by Gasteiger charge is 2.13. The van der Waals surface area contributed by atoms with Crippen LogP contribution in [0.2, 0.25) is 0 Å². The van der Waals surface area contributed by atoms with Crippen molar-refractivity contribution in [2.45, 2.75) is 27.7 Å². The van der Waals surface area contributed by atoms with Crippen LogP contribution >= 0.6 is 0 Å². The number of hydrogen-bond donors (Lipinski definition) is 0. The van der Waals surface area contributed by atoms with E-state index in [1.807, 2.05) is 0 Å². The average Bonchev–Trinajstić information content (AvgIpc) is 2.47. The summed E-state index contributed by atoms with van der Waals surface area (Å²) in [7, 11) is 0. The molecule has 0 spiro atoms. The number of carbonyl (C=O) groups is 4. The summed E-state index contributed by atoms with van der Waals surface area (Å²) in [6, 6.07) is 0. The lowest BCUT2D eigenvalue weighted by Crippen LogP contribution is -2.32. The van der Waals surface area contributed by atoms with E-state index in [9.17, 15) is 19.2 Å². The van der Waals surface area contributed by atoms with E-state index >= 15 is 0 Å². The molecule has 0 aromatic heterocycles. The molecular formula is C14H24N2O10. The maximum absolute atomic E-state index is 10.8. The topological polar surface area (TPSA) is 130 Å². The Bertz CT molecular complexity index is 397. The first-order chi connectivity index (χ1) is 12.2. The lowest BCUT2D eigenvalue weighted by Gasteiger charge is -2.18. The molecular weight excluding hydrogens is 356 g/mol. The van der Waals surface area contributed by atoms with Gasteiger partial charge in [0, 0.05) is 38.1 Å². The second-order valence-electron chi connectivity index (χ2n) is 4.67. The van der Waals surface area contributed by atoms with Crippen LogP contribution < -0.4 is 0 Å². The third-order valence-corrected chi connectivity index (χ3v) is 2.13. The van der Waals surface area contributed by atoms with Gasteiger partial charge in [-0.15, -0.1) is 0 Å². The highest BCUT2D eigenvalue weighted by atomic mass is 17.0. The minimum atomic E-state index is -0.639. The van der Waals surface area contributed by atoms with Gasteiger partial charge in [0.05, 0.1) is 39.5 Å². The monoisotopic (exact) mass is 380 g/mol. The van der Waals surface area contributed by atoms with Crippen molar-refractivity contribution in [3.63, 3.8) is 0 Å². The van der Waals surface area contributed by atoms with Crippen molar-refractivity contribution in [2.24, 2.45) is 0 Å². The average molecular weight is 380 g/mol. The fraction of sp³-hybridized carbons (Fsp3) is 0.714. The molecule has 150 valence electrons. The van der Waals surface area contributed by atoms with Gasteiger partial charge in [-0.2, -0.15) is 0 Å². The van der Waals surface area contributed by atoms with Crippen LogP contribution in [-0.2, 0) is 48.0 Å². The predicted octanol–water partition coefficient (Wildman–Crippen LogP) is -0.464. The Morgan fingerprint density at radius 2 is 0.808 bits per heavy atom. The number of ether oxygens (including phenoxy) is 2. The van der Waals surface area contributed by atoms with Gasteiger partial charge in [0.25, 0.3) is 0 Å². The van der Waals surface area contributed by atoms with Gasteiger partial charge in [0.2, 0.25) is 0 Å². The minimum absolute atomic E-state index is 0.0197. The summed E-state index contributed by atoms with van der Waals surface area (Å²) in [5.41, 5.74) is 0. The molecule has 26 heavy (non-hydrogen) atoms. The van der Waals surface area contributed by atoms with Gasteiger partial charge in [-0.05, 0) is 0 Å². The Morgan fingerprint density at radius 3 is 1.04 bits per heavy atom. The molecule has 0 aromatic carbocycles. The van der Waals surface area contributed by atoms with Crippen molar-refractivity contribution in [3.05, 3.63) is 0 Å². The molecule has 0 atom stereocenters. The lowest BCUT2D eigenvalue weighted by atomic mass is 10.6. The third kappa shape index (κ3) is 15.3. The quantitative estimate of drug-likeness (QED) is 0.302. The first-order valence-electron chi connectivity index (χ1n) is 7.65. The van der Waals surface area contributed by atoms with Gasteiger partial charge in [-0.25, -0.2) is 0 Å².